The molecule has 1 N–H and O–H groups in total. The normalized spacial score (nSPS) is 17.9. The zero-order valence-corrected chi connectivity index (χ0v) is 16.4. The van der Waals surface area contributed by atoms with Gasteiger partial charge in [0.15, 0.2) is 0 Å². The van der Waals surface area contributed by atoms with Gasteiger partial charge in [-0.1, -0.05) is 44.2 Å². The summed E-state index contributed by atoms with van der Waals surface area (Å²) >= 11 is 1.49. The van der Waals surface area contributed by atoms with Crippen LogP contribution >= 0.6 is 11.3 Å². The molecule has 2 atom stereocenters. The van der Waals surface area contributed by atoms with Gasteiger partial charge in [-0.05, 0) is 34.9 Å². The molecule has 140 valence electrons. The van der Waals surface area contributed by atoms with Crippen molar-refractivity contribution >= 4 is 17.2 Å². The van der Waals surface area contributed by atoms with Crippen LogP contribution in [-0.4, -0.2) is 53.5 Å². The Hall–Kier alpha value is -1.69. The Morgan fingerprint density at radius 1 is 1.12 bits per heavy atom. The third kappa shape index (κ3) is 4.53. The minimum atomic E-state index is -0.486. The summed E-state index contributed by atoms with van der Waals surface area (Å²) in [6.45, 7) is 8.08. The average molecular weight is 373 g/mol. The molecule has 1 aliphatic rings. The molecule has 0 saturated carbocycles. The van der Waals surface area contributed by atoms with E-state index in [-0.39, 0.29) is 5.91 Å². The van der Waals surface area contributed by atoms with Gasteiger partial charge in [-0.15, -0.1) is 11.3 Å². The van der Waals surface area contributed by atoms with Crippen molar-refractivity contribution in [1.82, 2.24) is 9.80 Å². The zero-order chi connectivity index (χ0) is 18.5. The molecule has 0 aliphatic carbocycles. The fourth-order valence-electron chi connectivity index (χ4n) is 3.32. The van der Waals surface area contributed by atoms with Crippen LogP contribution in [0.2, 0.25) is 0 Å². The molecule has 0 radical (unpaired) electrons. The Balaban J connectivity index is 1.50. The van der Waals surface area contributed by atoms with E-state index in [0.717, 1.165) is 43.0 Å². The monoisotopic (exact) mass is 372 g/mol. The predicted molar refractivity (Wildman–Crippen MR) is 107 cm³/mol. The highest BCUT2D eigenvalue weighted by molar-refractivity contribution is 7.12. The number of carbonyl (C=O) groups excluding carboxylic acids is 1. The van der Waals surface area contributed by atoms with Crippen LogP contribution in [0.25, 0.3) is 0 Å². The Morgan fingerprint density at radius 3 is 2.35 bits per heavy atom. The number of carbonyl (C=O) groups is 1. The molecule has 1 aromatic carbocycles. The van der Waals surface area contributed by atoms with E-state index in [2.05, 4.69) is 30.9 Å². The van der Waals surface area contributed by atoms with E-state index >= 15 is 0 Å². The quantitative estimate of drug-likeness (QED) is 0.840. The molecule has 2 aromatic rings. The van der Waals surface area contributed by atoms with Crippen LogP contribution in [0.5, 0.6) is 0 Å². The van der Waals surface area contributed by atoms with Crippen LogP contribution in [-0.2, 0) is 0 Å². The van der Waals surface area contributed by atoms with Crippen molar-refractivity contribution in [3.63, 3.8) is 0 Å². The van der Waals surface area contributed by atoms with Crippen molar-refractivity contribution in [3.8, 4) is 0 Å². The first-order chi connectivity index (χ1) is 12.6. The van der Waals surface area contributed by atoms with Crippen LogP contribution < -0.4 is 0 Å². The Morgan fingerprint density at radius 2 is 1.77 bits per heavy atom. The Labute approximate surface area is 160 Å². The first-order valence-corrected chi connectivity index (χ1v) is 10.3. The summed E-state index contributed by atoms with van der Waals surface area (Å²) in [6, 6.07) is 12.1. The van der Waals surface area contributed by atoms with E-state index in [1.54, 1.807) is 0 Å². The van der Waals surface area contributed by atoms with Gasteiger partial charge in [0.05, 0.1) is 11.0 Å². The number of nitrogens with zero attached hydrogens (tertiary/aromatic N) is 2. The molecule has 0 spiro atoms. The largest absolute Gasteiger partial charge is 0.387 e. The molecule has 1 saturated heterocycles. The Kier molecular flexibility index (Phi) is 6.46. The molecule has 0 bridgehead atoms. The lowest BCUT2D eigenvalue weighted by Crippen LogP contribution is -2.49. The second-order valence-corrected chi connectivity index (χ2v) is 8.01. The lowest BCUT2D eigenvalue weighted by Gasteiger charge is -2.35. The number of benzene rings is 1. The number of rotatable bonds is 6. The first kappa shape index (κ1) is 19.1. The molecule has 1 aromatic heterocycles. The van der Waals surface area contributed by atoms with Gasteiger partial charge in [0.1, 0.15) is 0 Å². The SMILES string of the molecule is CC[C@H](C)c1ccc([C@@H](O)CN2CCN(C(=O)c3cccs3)CC2)cc1. The summed E-state index contributed by atoms with van der Waals surface area (Å²) in [5.41, 5.74) is 2.29. The van der Waals surface area contributed by atoms with E-state index in [1.165, 1.54) is 16.9 Å². The van der Waals surface area contributed by atoms with Crippen LogP contribution in [0.1, 0.15) is 53.1 Å². The zero-order valence-electron chi connectivity index (χ0n) is 15.6. The smallest absolute Gasteiger partial charge is 0.264 e. The molecule has 26 heavy (non-hydrogen) atoms. The molecule has 2 heterocycles. The maximum atomic E-state index is 12.4. The van der Waals surface area contributed by atoms with Crippen molar-refractivity contribution < 1.29 is 9.90 Å². The van der Waals surface area contributed by atoms with Gasteiger partial charge >= 0.3 is 0 Å². The number of aliphatic hydroxyl groups excluding tert-OH is 1. The molecule has 1 aliphatic heterocycles. The van der Waals surface area contributed by atoms with E-state index in [4.69, 9.17) is 0 Å². The standard InChI is InChI=1S/C21H28N2O2S/c1-3-16(2)17-6-8-18(9-7-17)19(24)15-22-10-12-23(13-11-22)21(25)20-5-4-14-26-20/h4-9,14,16,19,24H,3,10-13,15H2,1-2H3/t16-,19-/m0/s1. The van der Waals surface area contributed by atoms with E-state index < -0.39 is 6.10 Å². The highest BCUT2D eigenvalue weighted by atomic mass is 32.1. The van der Waals surface area contributed by atoms with Crippen LogP contribution in [0.4, 0.5) is 0 Å². The van der Waals surface area contributed by atoms with Crippen molar-refractivity contribution in [2.45, 2.75) is 32.3 Å². The molecule has 0 unspecified atom stereocenters. The van der Waals surface area contributed by atoms with E-state index in [0.29, 0.717) is 12.5 Å². The minimum absolute atomic E-state index is 0.126. The molecular formula is C21H28N2O2S. The summed E-state index contributed by atoms with van der Waals surface area (Å²) in [6.07, 6.45) is 0.636. The molecule has 3 rings (SSSR count). The highest BCUT2D eigenvalue weighted by Crippen LogP contribution is 2.22. The van der Waals surface area contributed by atoms with Crippen molar-refractivity contribution in [3.05, 3.63) is 57.8 Å². The predicted octanol–water partition coefficient (Wildman–Crippen LogP) is 3.75. The number of β-amino-alcohol motifs (C(OH)–C–C–N with tert-alkyl or cyclic N) is 1. The molecule has 1 fully saturated rings. The highest BCUT2D eigenvalue weighted by Gasteiger charge is 2.24. The van der Waals surface area contributed by atoms with Crippen molar-refractivity contribution in [2.75, 3.05) is 32.7 Å². The third-order valence-corrected chi connectivity index (χ3v) is 6.18. The Bertz CT molecular complexity index is 691. The number of thiophene rings is 1. The van der Waals surface area contributed by atoms with Gasteiger partial charge in [-0.3, -0.25) is 9.69 Å². The lowest BCUT2D eigenvalue weighted by molar-refractivity contribution is 0.0531. The summed E-state index contributed by atoms with van der Waals surface area (Å²) in [5, 5.41) is 12.5. The fraction of sp³-hybridized carbons (Fsp3) is 0.476. The molecule has 1 amide bonds. The number of amides is 1. The number of hydrogen-bond donors (Lipinski definition) is 1. The average Bonchev–Trinajstić information content (AvgIpc) is 3.22. The summed E-state index contributed by atoms with van der Waals surface area (Å²) in [5.74, 6) is 0.677. The first-order valence-electron chi connectivity index (χ1n) is 9.41. The van der Waals surface area contributed by atoms with Gasteiger partial charge in [-0.2, -0.15) is 0 Å². The van der Waals surface area contributed by atoms with Gasteiger partial charge in [0, 0.05) is 32.7 Å². The van der Waals surface area contributed by atoms with E-state index in [1.807, 2.05) is 34.5 Å². The third-order valence-electron chi connectivity index (χ3n) is 5.33. The maximum Gasteiger partial charge on any atom is 0.264 e. The molecule has 4 nitrogen and oxygen atoms in total. The number of piperazine rings is 1. The molecular weight excluding hydrogens is 344 g/mol. The minimum Gasteiger partial charge on any atom is -0.387 e. The van der Waals surface area contributed by atoms with Crippen LogP contribution in [0.15, 0.2) is 41.8 Å². The van der Waals surface area contributed by atoms with Crippen molar-refractivity contribution in [1.29, 1.82) is 0 Å². The second kappa shape index (κ2) is 8.80. The van der Waals surface area contributed by atoms with Gasteiger partial charge in [0.25, 0.3) is 5.91 Å². The van der Waals surface area contributed by atoms with Gasteiger partial charge in [-0.25, -0.2) is 0 Å². The van der Waals surface area contributed by atoms with Gasteiger partial charge < -0.3 is 10.0 Å². The van der Waals surface area contributed by atoms with Gasteiger partial charge in [0.2, 0.25) is 0 Å². The van der Waals surface area contributed by atoms with Crippen LogP contribution in [0, 0.1) is 0 Å². The van der Waals surface area contributed by atoms with Crippen LogP contribution in [0.3, 0.4) is 0 Å². The summed E-state index contributed by atoms with van der Waals surface area (Å²) in [4.78, 5) is 17.4. The van der Waals surface area contributed by atoms with E-state index in [9.17, 15) is 9.90 Å². The number of hydrogen-bond acceptors (Lipinski definition) is 4. The topological polar surface area (TPSA) is 43.8 Å². The molecule has 5 heteroatoms. The summed E-state index contributed by atoms with van der Waals surface area (Å²) in [7, 11) is 0. The second-order valence-electron chi connectivity index (χ2n) is 7.06. The maximum absolute atomic E-state index is 12.4. The fourth-order valence-corrected chi connectivity index (χ4v) is 4.01. The summed E-state index contributed by atoms with van der Waals surface area (Å²) < 4.78 is 0. The lowest BCUT2D eigenvalue weighted by atomic mass is 9.96. The van der Waals surface area contributed by atoms with Crippen molar-refractivity contribution in [2.24, 2.45) is 0 Å². The number of aliphatic hydroxyl groups is 1.